The van der Waals surface area contributed by atoms with Crippen molar-refractivity contribution in [3.8, 4) is 0 Å². The topological polar surface area (TPSA) is 58.6 Å². The third-order valence-corrected chi connectivity index (χ3v) is 3.75. The van der Waals surface area contributed by atoms with E-state index in [4.69, 9.17) is 4.74 Å². The number of rotatable bonds is 3. The molecule has 102 valence electrons. The zero-order valence-electron chi connectivity index (χ0n) is 11.3. The maximum absolute atomic E-state index is 11.9. The Morgan fingerprint density at radius 1 is 1.17 bits per heavy atom. The number of ether oxygens (including phenoxy) is 1. The van der Waals surface area contributed by atoms with E-state index in [1.807, 2.05) is 0 Å². The molecule has 0 bridgehead atoms. The molecule has 2 atom stereocenters. The second-order valence-electron chi connectivity index (χ2n) is 5.71. The summed E-state index contributed by atoms with van der Waals surface area (Å²) in [6.45, 7) is 2.18. The van der Waals surface area contributed by atoms with Gasteiger partial charge in [0.2, 0.25) is 5.91 Å². The van der Waals surface area contributed by atoms with Crippen LogP contribution in [0.5, 0.6) is 0 Å². The second-order valence-corrected chi connectivity index (χ2v) is 5.71. The van der Waals surface area contributed by atoms with Crippen molar-refractivity contribution in [2.75, 3.05) is 14.1 Å². The minimum Gasteiger partial charge on any atom is -0.355 e. The molecule has 5 nitrogen and oxygen atoms in total. The first-order valence-corrected chi connectivity index (χ1v) is 6.64. The van der Waals surface area contributed by atoms with Crippen LogP contribution in [0.1, 0.15) is 32.6 Å². The van der Waals surface area contributed by atoms with Crippen molar-refractivity contribution in [3.05, 3.63) is 0 Å². The van der Waals surface area contributed by atoms with Gasteiger partial charge in [0.05, 0.1) is 0 Å². The summed E-state index contributed by atoms with van der Waals surface area (Å²) in [6.07, 6.45) is 2.48. The molecule has 0 spiro atoms. The number of hydrogen-bond donors (Lipinski definition) is 1. The van der Waals surface area contributed by atoms with Gasteiger partial charge in [-0.1, -0.05) is 6.92 Å². The van der Waals surface area contributed by atoms with Gasteiger partial charge in [-0.05, 0) is 31.6 Å². The fraction of sp³-hybridized carbons (Fsp3) is 0.846. The lowest BCUT2D eigenvalue weighted by atomic mass is 9.82. The smallest absolute Gasteiger partial charge is 0.251 e. The van der Waals surface area contributed by atoms with E-state index in [2.05, 4.69) is 12.2 Å². The molecule has 0 aromatic heterocycles. The van der Waals surface area contributed by atoms with Gasteiger partial charge in [-0.15, -0.1) is 0 Å². The molecular formula is C13H22N2O3. The maximum Gasteiger partial charge on any atom is 0.251 e. The molecule has 1 aliphatic heterocycles. The van der Waals surface area contributed by atoms with Crippen LogP contribution in [0, 0.1) is 5.92 Å². The van der Waals surface area contributed by atoms with E-state index in [0.717, 1.165) is 12.8 Å². The Balaban J connectivity index is 1.78. The van der Waals surface area contributed by atoms with E-state index >= 15 is 0 Å². The highest BCUT2D eigenvalue weighted by molar-refractivity contribution is 5.84. The van der Waals surface area contributed by atoms with Gasteiger partial charge in [0.15, 0.2) is 0 Å². The summed E-state index contributed by atoms with van der Waals surface area (Å²) in [4.78, 5) is 25.2. The Kier molecular flexibility index (Phi) is 3.90. The van der Waals surface area contributed by atoms with Crippen LogP contribution in [0.2, 0.25) is 0 Å². The zero-order valence-corrected chi connectivity index (χ0v) is 11.3. The van der Waals surface area contributed by atoms with Crippen molar-refractivity contribution in [3.63, 3.8) is 0 Å². The lowest BCUT2D eigenvalue weighted by Crippen LogP contribution is -2.47. The van der Waals surface area contributed by atoms with Crippen LogP contribution in [-0.2, 0) is 14.3 Å². The highest BCUT2D eigenvalue weighted by atomic mass is 16.5. The summed E-state index contributed by atoms with van der Waals surface area (Å²) in [5, 5.41) is 2.99. The molecule has 2 amide bonds. The maximum atomic E-state index is 11.9. The van der Waals surface area contributed by atoms with E-state index in [1.54, 1.807) is 14.1 Å². The minimum absolute atomic E-state index is 0.0532. The number of amides is 2. The average Bonchev–Trinajstić information content (AvgIpc) is 2.74. The molecule has 0 aromatic rings. The van der Waals surface area contributed by atoms with Gasteiger partial charge in [-0.25, -0.2) is 0 Å². The van der Waals surface area contributed by atoms with E-state index < -0.39 is 12.2 Å². The van der Waals surface area contributed by atoms with Crippen molar-refractivity contribution in [2.45, 2.75) is 50.9 Å². The fourth-order valence-electron chi connectivity index (χ4n) is 2.61. The van der Waals surface area contributed by atoms with Gasteiger partial charge < -0.3 is 15.0 Å². The molecule has 2 rings (SSSR count). The van der Waals surface area contributed by atoms with Crippen molar-refractivity contribution in [1.82, 2.24) is 10.2 Å². The van der Waals surface area contributed by atoms with Crippen molar-refractivity contribution >= 4 is 11.8 Å². The Labute approximate surface area is 108 Å². The summed E-state index contributed by atoms with van der Waals surface area (Å²) in [7, 11) is 3.41. The van der Waals surface area contributed by atoms with Crippen LogP contribution in [0.15, 0.2) is 0 Å². The predicted molar refractivity (Wildman–Crippen MR) is 66.9 cm³/mol. The molecule has 2 aliphatic rings. The van der Waals surface area contributed by atoms with Crippen LogP contribution >= 0.6 is 0 Å². The Morgan fingerprint density at radius 2 is 1.78 bits per heavy atom. The van der Waals surface area contributed by atoms with Gasteiger partial charge in [-0.3, -0.25) is 9.59 Å². The highest BCUT2D eigenvalue weighted by Gasteiger charge is 2.37. The SMILES string of the molecule is CC1CC(NC(=O)[C@@H]2CC[C@H](C(=O)N(C)C)O2)C1. The molecule has 18 heavy (non-hydrogen) atoms. The molecule has 1 N–H and O–H groups in total. The van der Waals surface area contributed by atoms with Crippen LogP contribution in [0.3, 0.4) is 0 Å². The van der Waals surface area contributed by atoms with Crippen LogP contribution in [0.25, 0.3) is 0 Å². The predicted octanol–water partition coefficient (Wildman–Crippen LogP) is 0.537. The molecule has 1 saturated heterocycles. The number of nitrogens with zero attached hydrogens (tertiary/aromatic N) is 1. The number of likely N-dealkylation sites (N-methyl/N-ethyl adjacent to an activating group) is 1. The van der Waals surface area contributed by atoms with E-state index in [9.17, 15) is 9.59 Å². The molecule has 0 aromatic carbocycles. The largest absolute Gasteiger partial charge is 0.355 e. The summed E-state index contributed by atoms with van der Waals surface area (Å²) < 4.78 is 5.54. The van der Waals surface area contributed by atoms with Crippen LogP contribution < -0.4 is 5.32 Å². The fourth-order valence-corrected chi connectivity index (χ4v) is 2.61. The Morgan fingerprint density at radius 3 is 2.33 bits per heavy atom. The highest BCUT2D eigenvalue weighted by Crippen LogP contribution is 2.27. The third-order valence-electron chi connectivity index (χ3n) is 3.75. The molecule has 2 fully saturated rings. The molecule has 1 aliphatic carbocycles. The number of nitrogens with one attached hydrogen (secondary N) is 1. The second kappa shape index (κ2) is 5.26. The lowest BCUT2D eigenvalue weighted by molar-refractivity contribution is -0.145. The Bertz CT molecular complexity index is 337. The molecule has 1 heterocycles. The summed E-state index contributed by atoms with van der Waals surface area (Å²) in [6, 6.07) is 0.305. The summed E-state index contributed by atoms with van der Waals surface area (Å²) >= 11 is 0. The molecule has 5 heteroatoms. The van der Waals surface area contributed by atoms with E-state index in [0.29, 0.717) is 24.8 Å². The number of carbonyl (C=O) groups excluding carboxylic acids is 2. The minimum atomic E-state index is -0.449. The van der Waals surface area contributed by atoms with Crippen LogP contribution in [0.4, 0.5) is 0 Å². The summed E-state index contributed by atoms with van der Waals surface area (Å²) in [5.74, 6) is 0.603. The summed E-state index contributed by atoms with van der Waals surface area (Å²) in [5.41, 5.74) is 0. The van der Waals surface area contributed by atoms with E-state index in [1.165, 1.54) is 4.90 Å². The molecule has 0 unspecified atom stereocenters. The van der Waals surface area contributed by atoms with E-state index in [-0.39, 0.29) is 11.8 Å². The quantitative estimate of drug-likeness (QED) is 0.799. The zero-order chi connectivity index (χ0) is 13.3. The van der Waals surface area contributed by atoms with Gasteiger partial charge in [0, 0.05) is 20.1 Å². The standard InChI is InChI=1S/C13H22N2O3/c1-8-6-9(7-8)14-12(16)10-4-5-11(18-10)13(17)15(2)3/h8-11H,4-7H2,1-3H3,(H,14,16)/t8?,9?,10-,11+/m0/s1. The van der Waals surface area contributed by atoms with Crippen molar-refractivity contribution in [2.24, 2.45) is 5.92 Å². The third kappa shape index (κ3) is 2.83. The lowest BCUT2D eigenvalue weighted by Gasteiger charge is -2.33. The normalized spacial score (nSPS) is 34.8. The average molecular weight is 254 g/mol. The van der Waals surface area contributed by atoms with Gasteiger partial charge in [0.25, 0.3) is 5.91 Å². The number of carbonyl (C=O) groups is 2. The molecular weight excluding hydrogens is 232 g/mol. The van der Waals surface area contributed by atoms with Crippen molar-refractivity contribution < 1.29 is 14.3 Å². The van der Waals surface area contributed by atoms with Gasteiger partial charge >= 0.3 is 0 Å². The first-order valence-electron chi connectivity index (χ1n) is 6.64. The van der Waals surface area contributed by atoms with Crippen LogP contribution in [-0.4, -0.2) is 49.1 Å². The molecule has 1 saturated carbocycles. The molecule has 0 radical (unpaired) electrons. The first kappa shape index (κ1) is 13.3. The first-order chi connectivity index (χ1) is 8.47. The van der Waals surface area contributed by atoms with Gasteiger partial charge in [0.1, 0.15) is 12.2 Å². The van der Waals surface area contributed by atoms with Crippen molar-refractivity contribution in [1.29, 1.82) is 0 Å². The number of hydrogen-bond acceptors (Lipinski definition) is 3. The van der Waals surface area contributed by atoms with Gasteiger partial charge in [-0.2, -0.15) is 0 Å². The monoisotopic (exact) mass is 254 g/mol. The Hall–Kier alpha value is -1.10.